The van der Waals surface area contributed by atoms with E-state index in [0.717, 1.165) is 17.0 Å². The van der Waals surface area contributed by atoms with Crippen molar-refractivity contribution in [2.45, 2.75) is 13.8 Å². The van der Waals surface area contributed by atoms with Gasteiger partial charge in [-0.2, -0.15) is 0 Å². The highest BCUT2D eigenvalue weighted by Crippen LogP contribution is 2.15. The third kappa shape index (κ3) is 2.20. The molecular formula is C9H13NO2. The second kappa shape index (κ2) is 4.07. The van der Waals surface area contributed by atoms with Gasteiger partial charge in [-0.3, -0.25) is 4.98 Å². The van der Waals surface area contributed by atoms with Gasteiger partial charge in [-0.15, -0.1) is 0 Å². The molecule has 0 N–H and O–H groups in total. The summed E-state index contributed by atoms with van der Waals surface area (Å²) >= 11 is 0. The van der Waals surface area contributed by atoms with E-state index in [-0.39, 0.29) is 6.79 Å². The quantitative estimate of drug-likeness (QED) is 0.642. The van der Waals surface area contributed by atoms with Gasteiger partial charge < -0.3 is 9.47 Å². The van der Waals surface area contributed by atoms with Crippen molar-refractivity contribution in [1.82, 2.24) is 4.98 Å². The highest BCUT2D eigenvalue weighted by atomic mass is 16.7. The Bertz CT molecular complexity index is 261. The van der Waals surface area contributed by atoms with Gasteiger partial charge in [0.25, 0.3) is 0 Å². The minimum absolute atomic E-state index is 0.269. The first-order valence-corrected chi connectivity index (χ1v) is 3.79. The number of aromatic nitrogens is 1. The molecular weight excluding hydrogens is 154 g/mol. The van der Waals surface area contributed by atoms with Crippen molar-refractivity contribution < 1.29 is 9.47 Å². The molecule has 0 fully saturated rings. The standard InChI is InChI=1S/C9H13NO2/c1-7-4-8(2)10-5-9(7)12-6-11-3/h4-5H,6H2,1-3H3. The zero-order valence-corrected chi connectivity index (χ0v) is 7.63. The average molecular weight is 167 g/mol. The molecule has 1 heterocycles. The van der Waals surface area contributed by atoms with Crippen molar-refractivity contribution in [3.05, 3.63) is 23.5 Å². The van der Waals surface area contributed by atoms with Gasteiger partial charge in [0.1, 0.15) is 5.75 Å². The van der Waals surface area contributed by atoms with Crippen molar-refractivity contribution >= 4 is 0 Å². The fourth-order valence-electron chi connectivity index (χ4n) is 0.958. The number of ether oxygens (including phenoxy) is 2. The maximum absolute atomic E-state index is 5.26. The van der Waals surface area contributed by atoms with Crippen molar-refractivity contribution in [2.24, 2.45) is 0 Å². The molecule has 3 heteroatoms. The number of pyridine rings is 1. The van der Waals surface area contributed by atoms with Crippen LogP contribution in [0.25, 0.3) is 0 Å². The molecule has 0 aliphatic rings. The van der Waals surface area contributed by atoms with Crippen LogP contribution in [0.2, 0.25) is 0 Å². The van der Waals surface area contributed by atoms with Crippen LogP contribution in [0.4, 0.5) is 0 Å². The van der Waals surface area contributed by atoms with Crippen LogP contribution in [0.15, 0.2) is 12.3 Å². The van der Waals surface area contributed by atoms with Crippen LogP contribution in [-0.2, 0) is 4.74 Å². The molecule has 0 amide bonds. The molecule has 0 atom stereocenters. The summed E-state index contributed by atoms with van der Waals surface area (Å²) in [5, 5.41) is 0. The first kappa shape index (κ1) is 9.00. The molecule has 66 valence electrons. The lowest BCUT2D eigenvalue weighted by atomic mass is 10.2. The van der Waals surface area contributed by atoms with E-state index < -0.39 is 0 Å². The normalized spacial score (nSPS) is 9.92. The number of hydrogen-bond acceptors (Lipinski definition) is 3. The van der Waals surface area contributed by atoms with Crippen LogP contribution in [0.3, 0.4) is 0 Å². The van der Waals surface area contributed by atoms with Gasteiger partial charge in [0, 0.05) is 12.8 Å². The van der Waals surface area contributed by atoms with Crippen LogP contribution in [-0.4, -0.2) is 18.9 Å². The van der Waals surface area contributed by atoms with Crippen LogP contribution >= 0.6 is 0 Å². The van der Waals surface area contributed by atoms with E-state index in [1.807, 2.05) is 19.9 Å². The Morgan fingerprint density at radius 1 is 1.42 bits per heavy atom. The van der Waals surface area contributed by atoms with Crippen LogP contribution < -0.4 is 4.74 Å². The SMILES string of the molecule is COCOc1cnc(C)cc1C. The number of hydrogen-bond donors (Lipinski definition) is 0. The van der Waals surface area contributed by atoms with Crippen molar-refractivity contribution in [1.29, 1.82) is 0 Å². The third-order valence-electron chi connectivity index (χ3n) is 1.53. The van der Waals surface area contributed by atoms with E-state index in [9.17, 15) is 0 Å². The molecule has 12 heavy (non-hydrogen) atoms. The molecule has 0 saturated heterocycles. The summed E-state index contributed by atoms with van der Waals surface area (Å²) in [5.41, 5.74) is 2.08. The maximum Gasteiger partial charge on any atom is 0.188 e. The molecule has 0 spiro atoms. The van der Waals surface area contributed by atoms with E-state index in [4.69, 9.17) is 9.47 Å². The Labute approximate surface area is 72.3 Å². The van der Waals surface area contributed by atoms with Crippen molar-refractivity contribution in [2.75, 3.05) is 13.9 Å². The van der Waals surface area contributed by atoms with E-state index in [1.54, 1.807) is 13.3 Å². The predicted octanol–water partition coefficient (Wildman–Crippen LogP) is 1.68. The lowest BCUT2D eigenvalue weighted by molar-refractivity contribution is 0.0503. The summed E-state index contributed by atoms with van der Waals surface area (Å²) in [6.45, 7) is 4.21. The number of methoxy groups -OCH3 is 1. The summed E-state index contributed by atoms with van der Waals surface area (Å²) in [5.74, 6) is 0.780. The third-order valence-corrected chi connectivity index (χ3v) is 1.53. The maximum atomic E-state index is 5.26. The van der Waals surface area contributed by atoms with Gasteiger partial charge in [0.2, 0.25) is 0 Å². The molecule has 1 rings (SSSR count). The molecule has 0 saturated carbocycles. The Hall–Kier alpha value is -1.09. The minimum atomic E-state index is 0.269. The van der Waals surface area contributed by atoms with Crippen LogP contribution in [0, 0.1) is 13.8 Å². The molecule has 0 bridgehead atoms. The Kier molecular flexibility index (Phi) is 3.05. The summed E-state index contributed by atoms with van der Waals surface area (Å²) in [6, 6.07) is 1.98. The van der Waals surface area contributed by atoms with Gasteiger partial charge in [-0.05, 0) is 25.5 Å². The fourth-order valence-corrected chi connectivity index (χ4v) is 0.958. The fraction of sp³-hybridized carbons (Fsp3) is 0.444. The van der Waals surface area contributed by atoms with Gasteiger partial charge in [0.15, 0.2) is 6.79 Å². The average Bonchev–Trinajstić information content (AvgIpc) is 2.03. The van der Waals surface area contributed by atoms with Crippen LogP contribution in [0.5, 0.6) is 5.75 Å². The monoisotopic (exact) mass is 167 g/mol. The minimum Gasteiger partial charge on any atom is -0.466 e. The molecule has 0 aliphatic heterocycles. The largest absolute Gasteiger partial charge is 0.466 e. The molecule has 0 radical (unpaired) electrons. The van der Waals surface area contributed by atoms with E-state index >= 15 is 0 Å². The highest BCUT2D eigenvalue weighted by molar-refractivity contribution is 5.30. The molecule has 0 unspecified atom stereocenters. The first-order valence-electron chi connectivity index (χ1n) is 3.79. The lowest BCUT2D eigenvalue weighted by Crippen LogP contribution is -2.01. The molecule has 1 aromatic heterocycles. The van der Waals surface area contributed by atoms with Gasteiger partial charge >= 0.3 is 0 Å². The van der Waals surface area contributed by atoms with Crippen LogP contribution in [0.1, 0.15) is 11.3 Å². The number of nitrogens with zero attached hydrogens (tertiary/aromatic N) is 1. The topological polar surface area (TPSA) is 31.4 Å². The van der Waals surface area contributed by atoms with Crippen molar-refractivity contribution in [3.63, 3.8) is 0 Å². The summed E-state index contributed by atoms with van der Waals surface area (Å²) in [4.78, 5) is 4.11. The zero-order valence-electron chi connectivity index (χ0n) is 7.63. The predicted molar refractivity (Wildman–Crippen MR) is 46.2 cm³/mol. The summed E-state index contributed by atoms with van der Waals surface area (Å²) in [7, 11) is 1.59. The number of aryl methyl sites for hydroxylation is 2. The Morgan fingerprint density at radius 2 is 2.17 bits per heavy atom. The van der Waals surface area contributed by atoms with E-state index in [2.05, 4.69) is 4.98 Å². The molecule has 0 aliphatic carbocycles. The summed E-state index contributed by atoms with van der Waals surface area (Å²) in [6.07, 6.45) is 1.71. The molecule has 3 nitrogen and oxygen atoms in total. The molecule has 0 aromatic carbocycles. The van der Waals surface area contributed by atoms with E-state index in [0.29, 0.717) is 0 Å². The Morgan fingerprint density at radius 3 is 2.75 bits per heavy atom. The zero-order chi connectivity index (χ0) is 8.97. The number of rotatable bonds is 3. The van der Waals surface area contributed by atoms with Gasteiger partial charge in [0.05, 0.1) is 6.20 Å². The second-order valence-corrected chi connectivity index (χ2v) is 2.64. The first-order chi connectivity index (χ1) is 5.74. The lowest BCUT2D eigenvalue weighted by Gasteiger charge is -2.07. The summed E-state index contributed by atoms with van der Waals surface area (Å²) < 4.78 is 10.0. The second-order valence-electron chi connectivity index (χ2n) is 2.64. The highest BCUT2D eigenvalue weighted by Gasteiger charge is 1.98. The Balaban J connectivity index is 2.72. The van der Waals surface area contributed by atoms with Gasteiger partial charge in [-0.1, -0.05) is 0 Å². The van der Waals surface area contributed by atoms with Crippen molar-refractivity contribution in [3.8, 4) is 5.75 Å². The smallest absolute Gasteiger partial charge is 0.188 e. The van der Waals surface area contributed by atoms with E-state index in [1.165, 1.54) is 0 Å². The molecule has 1 aromatic rings. The van der Waals surface area contributed by atoms with Gasteiger partial charge in [-0.25, -0.2) is 0 Å².